The molecule has 0 aliphatic heterocycles. The number of nitrogens with two attached hydrogens (primary N) is 1. The second kappa shape index (κ2) is 4.37. The molecule has 0 saturated carbocycles. The summed E-state index contributed by atoms with van der Waals surface area (Å²) in [7, 11) is 1.66. The number of aromatic nitrogens is 2. The maximum absolute atomic E-state index is 5.65. The van der Waals surface area contributed by atoms with Crippen LogP contribution < -0.4 is 10.5 Å². The molecule has 2 aromatic rings. The van der Waals surface area contributed by atoms with E-state index in [1.165, 1.54) is 5.56 Å². The van der Waals surface area contributed by atoms with Gasteiger partial charge in [-0.3, -0.25) is 0 Å². The molecule has 0 unspecified atom stereocenters. The lowest BCUT2D eigenvalue weighted by Gasteiger charge is -2.08. The largest absolute Gasteiger partial charge is 0.496 e. The van der Waals surface area contributed by atoms with Gasteiger partial charge in [-0.1, -0.05) is 11.6 Å². The Labute approximate surface area is 94.5 Å². The number of hydrogen-bond donors (Lipinski definition) is 2. The smallest absolute Gasteiger partial charge is 0.128 e. The van der Waals surface area contributed by atoms with Crippen LogP contribution in [0.3, 0.4) is 0 Å². The summed E-state index contributed by atoms with van der Waals surface area (Å²) in [6, 6.07) is 6.00. The lowest BCUT2D eigenvalue weighted by molar-refractivity contribution is 0.416. The first-order valence-electron chi connectivity index (χ1n) is 5.13. The highest BCUT2D eigenvalue weighted by atomic mass is 16.5. The number of aromatic amines is 1. The van der Waals surface area contributed by atoms with Crippen LogP contribution in [0.25, 0.3) is 11.3 Å². The van der Waals surface area contributed by atoms with E-state index < -0.39 is 0 Å². The summed E-state index contributed by atoms with van der Waals surface area (Å²) >= 11 is 0. The molecular formula is C12H15N3O. The Balaban J connectivity index is 2.58. The molecule has 1 aromatic heterocycles. The minimum atomic E-state index is 0.437. The van der Waals surface area contributed by atoms with Crippen LogP contribution in [0.2, 0.25) is 0 Å². The zero-order valence-corrected chi connectivity index (χ0v) is 9.45. The predicted octanol–water partition coefficient (Wildman–Crippen LogP) is 1.85. The Morgan fingerprint density at radius 1 is 1.44 bits per heavy atom. The highest BCUT2D eigenvalue weighted by molar-refractivity contribution is 5.69. The van der Waals surface area contributed by atoms with E-state index in [1.807, 2.05) is 25.1 Å². The molecule has 4 heteroatoms. The Bertz CT molecular complexity index is 491. The molecule has 0 atom stereocenters. The van der Waals surface area contributed by atoms with E-state index in [2.05, 4.69) is 9.97 Å². The Hall–Kier alpha value is -1.81. The zero-order chi connectivity index (χ0) is 11.5. The van der Waals surface area contributed by atoms with Crippen LogP contribution in [0, 0.1) is 6.92 Å². The first-order valence-corrected chi connectivity index (χ1v) is 5.13. The van der Waals surface area contributed by atoms with Crippen molar-refractivity contribution >= 4 is 0 Å². The third kappa shape index (κ3) is 1.79. The van der Waals surface area contributed by atoms with Gasteiger partial charge >= 0.3 is 0 Å². The van der Waals surface area contributed by atoms with Crippen LogP contribution in [-0.2, 0) is 6.54 Å². The number of imidazole rings is 1. The van der Waals surface area contributed by atoms with Crippen molar-refractivity contribution in [3.05, 3.63) is 35.8 Å². The minimum absolute atomic E-state index is 0.437. The lowest BCUT2D eigenvalue weighted by Crippen LogP contribution is -1.99. The first-order chi connectivity index (χ1) is 7.76. The molecule has 0 saturated heterocycles. The van der Waals surface area contributed by atoms with Gasteiger partial charge in [-0.2, -0.15) is 0 Å². The highest BCUT2D eigenvalue weighted by Gasteiger charge is 2.12. The second-order valence-corrected chi connectivity index (χ2v) is 3.64. The molecule has 2 rings (SSSR count). The van der Waals surface area contributed by atoms with E-state index in [9.17, 15) is 0 Å². The molecule has 0 aliphatic rings. The van der Waals surface area contributed by atoms with Gasteiger partial charge in [0.2, 0.25) is 0 Å². The molecule has 0 amide bonds. The van der Waals surface area contributed by atoms with E-state index in [0.29, 0.717) is 6.54 Å². The fourth-order valence-corrected chi connectivity index (χ4v) is 1.72. The van der Waals surface area contributed by atoms with Crippen LogP contribution >= 0.6 is 0 Å². The Morgan fingerprint density at radius 2 is 2.25 bits per heavy atom. The quantitative estimate of drug-likeness (QED) is 0.824. The molecule has 16 heavy (non-hydrogen) atoms. The van der Waals surface area contributed by atoms with Crippen LogP contribution in [0.1, 0.15) is 11.3 Å². The van der Waals surface area contributed by atoms with Crippen molar-refractivity contribution in [3.63, 3.8) is 0 Å². The average Bonchev–Trinajstić information content (AvgIpc) is 2.76. The molecule has 0 aliphatic carbocycles. The van der Waals surface area contributed by atoms with Crippen LogP contribution in [-0.4, -0.2) is 17.1 Å². The van der Waals surface area contributed by atoms with Crippen molar-refractivity contribution in [2.24, 2.45) is 5.73 Å². The highest BCUT2D eigenvalue weighted by Crippen LogP contribution is 2.31. The number of nitrogens with zero attached hydrogens (tertiary/aromatic N) is 1. The second-order valence-electron chi connectivity index (χ2n) is 3.64. The number of H-pyrrole nitrogens is 1. The molecule has 0 radical (unpaired) electrons. The van der Waals surface area contributed by atoms with Crippen LogP contribution in [0.5, 0.6) is 5.75 Å². The van der Waals surface area contributed by atoms with Gasteiger partial charge in [0.1, 0.15) is 5.75 Å². The van der Waals surface area contributed by atoms with E-state index in [-0.39, 0.29) is 0 Å². The maximum atomic E-state index is 5.65. The molecule has 1 heterocycles. The van der Waals surface area contributed by atoms with E-state index in [0.717, 1.165) is 22.7 Å². The van der Waals surface area contributed by atoms with Gasteiger partial charge in [-0.25, -0.2) is 4.98 Å². The number of ether oxygens (including phenoxy) is 1. The molecule has 0 spiro atoms. The summed E-state index contributed by atoms with van der Waals surface area (Å²) in [5.41, 5.74) is 9.58. The zero-order valence-electron chi connectivity index (χ0n) is 9.45. The third-order valence-electron chi connectivity index (χ3n) is 2.53. The van der Waals surface area contributed by atoms with Crippen molar-refractivity contribution in [2.45, 2.75) is 13.5 Å². The first kappa shape index (κ1) is 10.7. The number of methoxy groups -OCH3 is 1. The van der Waals surface area contributed by atoms with Crippen LogP contribution in [0.15, 0.2) is 24.5 Å². The minimum Gasteiger partial charge on any atom is -0.496 e. The molecule has 0 bridgehead atoms. The normalized spacial score (nSPS) is 10.4. The fourth-order valence-electron chi connectivity index (χ4n) is 1.72. The van der Waals surface area contributed by atoms with Crippen LogP contribution in [0.4, 0.5) is 0 Å². The number of rotatable bonds is 3. The summed E-state index contributed by atoms with van der Waals surface area (Å²) < 4.78 is 5.33. The monoisotopic (exact) mass is 217 g/mol. The van der Waals surface area contributed by atoms with Gasteiger partial charge in [-0.15, -0.1) is 0 Å². The standard InChI is InChI=1S/C12H15N3O/c1-8-3-4-11(16-2)9(5-8)12-10(6-13)14-7-15-12/h3-5,7H,6,13H2,1-2H3,(H,14,15). The molecule has 1 aromatic carbocycles. The number of hydrogen-bond acceptors (Lipinski definition) is 3. The van der Waals surface area contributed by atoms with E-state index in [4.69, 9.17) is 10.5 Å². The summed E-state index contributed by atoms with van der Waals surface area (Å²) in [5.74, 6) is 0.812. The number of nitrogens with one attached hydrogen (secondary N) is 1. The molecule has 4 nitrogen and oxygen atoms in total. The SMILES string of the molecule is COc1ccc(C)cc1-c1nc[nH]c1CN. The van der Waals surface area contributed by atoms with E-state index >= 15 is 0 Å². The van der Waals surface area contributed by atoms with E-state index in [1.54, 1.807) is 13.4 Å². The maximum Gasteiger partial charge on any atom is 0.128 e. The van der Waals surface area contributed by atoms with Gasteiger partial charge in [0, 0.05) is 12.1 Å². The molecule has 3 N–H and O–H groups in total. The van der Waals surface area contributed by atoms with Crippen molar-refractivity contribution in [2.75, 3.05) is 7.11 Å². The summed E-state index contributed by atoms with van der Waals surface area (Å²) in [6.07, 6.45) is 1.65. The van der Waals surface area contributed by atoms with Gasteiger partial charge in [0.15, 0.2) is 0 Å². The third-order valence-corrected chi connectivity index (χ3v) is 2.53. The van der Waals surface area contributed by atoms with Crippen molar-refractivity contribution in [1.29, 1.82) is 0 Å². The fraction of sp³-hybridized carbons (Fsp3) is 0.250. The lowest BCUT2D eigenvalue weighted by atomic mass is 10.1. The van der Waals surface area contributed by atoms with Crippen molar-refractivity contribution < 1.29 is 4.74 Å². The molecule has 0 fully saturated rings. The number of benzene rings is 1. The average molecular weight is 217 g/mol. The topological polar surface area (TPSA) is 63.9 Å². The molecular weight excluding hydrogens is 202 g/mol. The van der Waals surface area contributed by atoms with Gasteiger partial charge in [0.25, 0.3) is 0 Å². The Morgan fingerprint density at radius 3 is 2.94 bits per heavy atom. The van der Waals surface area contributed by atoms with Crippen molar-refractivity contribution in [1.82, 2.24) is 9.97 Å². The summed E-state index contributed by atoms with van der Waals surface area (Å²) in [5, 5.41) is 0. The summed E-state index contributed by atoms with van der Waals surface area (Å²) in [6.45, 7) is 2.48. The predicted molar refractivity (Wildman–Crippen MR) is 63.2 cm³/mol. The molecule has 84 valence electrons. The summed E-state index contributed by atoms with van der Waals surface area (Å²) in [4.78, 5) is 7.32. The van der Waals surface area contributed by atoms with Gasteiger partial charge in [0.05, 0.1) is 24.8 Å². The van der Waals surface area contributed by atoms with Crippen molar-refractivity contribution in [3.8, 4) is 17.0 Å². The Kier molecular flexibility index (Phi) is 2.92. The van der Waals surface area contributed by atoms with Gasteiger partial charge < -0.3 is 15.5 Å². The number of aryl methyl sites for hydroxylation is 1. The van der Waals surface area contributed by atoms with Gasteiger partial charge in [-0.05, 0) is 19.1 Å².